The van der Waals surface area contributed by atoms with Crippen LogP contribution < -0.4 is 0 Å². The molecule has 1 rings (SSSR count). The molecule has 14 heavy (non-hydrogen) atoms. The first-order chi connectivity index (χ1) is 6.83. The summed E-state index contributed by atoms with van der Waals surface area (Å²) in [7, 11) is 0. The first-order valence-corrected chi connectivity index (χ1v) is 4.28. The highest BCUT2D eigenvalue weighted by Crippen LogP contribution is 2.01. The molecule has 1 aromatic carbocycles. The van der Waals surface area contributed by atoms with Crippen molar-refractivity contribution in [3.8, 4) is 0 Å². The summed E-state index contributed by atoms with van der Waals surface area (Å²) in [5.41, 5.74) is 0.968. The van der Waals surface area contributed by atoms with Gasteiger partial charge in [-0.25, -0.2) is 4.79 Å². The second-order valence-electron chi connectivity index (χ2n) is 2.74. The normalized spacial score (nSPS) is 9.71. The Kier molecular flexibility index (Phi) is 4.12. The lowest BCUT2D eigenvalue weighted by atomic mass is 10.2. The molecular formula is C12H10O2. The van der Waals surface area contributed by atoms with E-state index in [1.165, 1.54) is 12.2 Å². The van der Waals surface area contributed by atoms with Gasteiger partial charge in [0.2, 0.25) is 0 Å². The number of hydrogen-bond donors (Lipinski definition) is 0. The molecule has 0 fully saturated rings. The van der Waals surface area contributed by atoms with Crippen molar-refractivity contribution in [3.05, 3.63) is 48.0 Å². The molecule has 1 aromatic rings. The lowest BCUT2D eigenvalue weighted by Crippen LogP contribution is -1.88. The molecule has 0 amide bonds. The van der Waals surface area contributed by atoms with Gasteiger partial charge >= 0.3 is 0 Å². The van der Waals surface area contributed by atoms with Gasteiger partial charge in [-0.2, -0.15) is 0 Å². The summed E-state index contributed by atoms with van der Waals surface area (Å²) < 4.78 is 0. The Bertz CT molecular complexity index is 371. The van der Waals surface area contributed by atoms with Crippen LogP contribution in [-0.4, -0.2) is 11.7 Å². The smallest absolute Gasteiger partial charge is 0.160 e. The molecule has 70 valence electrons. The van der Waals surface area contributed by atoms with E-state index in [-0.39, 0.29) is 12.2 Å². The van der Waals surface area contributed by atoms with Crippen LogP contribution in [0.2, 0.25) is 0 Å². The Balaban J connectivity index is 2.56. The van der Waals surface area contributed by atoms with E-state index in [9.17, 15) is 9.59 Å². The van der Waals surface area contributed by atoms with Crippen molar-refractivity contribution >= 4 is 17.8 Å². The Labute approximate surface area is 82.6 Å². The van der Waals surface area contributed by atoms with Crippen LogP contribution >= 0.6 is 0 Å². The molecule has 0 aliphatic rings. The maximum Gasteiger partial charge on any atom is 0.160 e. The molecule has 0 saturated heterocycles. The van der Waals surface area contributed by atoms with Crippen molar-refractivity contribution in [2.75, 3.05) is 0 Å². The molecule has 0 bridgehead atoms. The van der Waals surface area contributed by atoms with Crippen LogP contribution in [0.25, 0.3) is 6.08 Å². The highest BCUT2D eigenvalue weighted by atomic mass is 16.1. The first kappa shape index (κ1) is 10.2. The van der Waals surface area contributed by atoms with Crippen LogP contribution in [0.4, 0.5) is 0 Å². The van der Waals surface area contributed by atoms with E-state index >= 15 is 0 Å². The zero-order chi connectivity index (χ0) is 10.2. The maximum atomic E-state index is 11.1. The maximum absolute atomic E-state index is 11.1. The van der Waals surface area contributed by atoms with Gasteiger partial charge < -0.3 is 0 Å². The van der Waals surface area contributed by atoms with Gasteiger partial charge in [-0.05, 0) is 11.6 Å². The van der Waals surface area contributed by atoms with Crippen LogP contribution in [0.1, 0.15) is 12.0 Å². The summed E-state index contributed by atoms with van der Waals surface area (Å²) in [5.74, 6) is 1.47. The molecule has 0 aliphatic heterocycles. The molecule has 0 saturated carbocycles. The van der Waals surface area contributed by atoms with Crippen LogP contribution in [0, 0.1) is 0 Å². The van der Waals surface area contributed by atoms with E-state index in [1.807, 2.05) is 30.3 Å². The van der Waals surface area contributed by atoms with E-state index in [2.05, 4.69) is 0 Å². The standard InChI is InChI=1S/C12H10O2/c13-10-4-7-12(14)9-8-11-5-2-1-3-6-11/h1-6,8-9H,7H2/b9-8+. The highest BCUT2D eigenvalue weighted by Gasteiger charge is 1.91. The van der Waals surface area contributed by atoms with Crippen molar-refractivity contribution in [2.45, 2.75) is 6.42 Å². The van der Waals surface area contributed by atoms with Gasteiger partial charge in [0.1, 0.15) is 5.94 Å². The number of allylic oxidation sites excluding steroid dienone is 2. The number of benzene rings is 1. The van der Waals surface area contributed by atoms with Crippen LogP contribution in [0.3, 0.4) is 0 Å². The van der Waals surface area contributed by atoms with Crippen LogP contribution in [0.15, 0.2) is 42.5 Å². The zero-order valence-corrected chi connectivity index (χ0v) is 7.64. The van der Waals surface area contributed by atoms with E-state index in [0.29, 0.717) is 0 Å². The molecular weight excluding hydrogens is 176 g/mol. The molecule has 0 atom stereocenters. The van der Waals surface area contributed by atoms with Crippen molar-refractivity contribution in [2.24, 2.45) is 0 Å². The van der Waals surface area contributed by atoms with Crippen molar-refractivity contribution in [1.82, 2.24) is 0 Å². The quantitative estimate of drug-likeness (QED) is 0.532. The third kappa shape index (κ3) is 3.65. The highest BCUT2D eigenvalue weighted by molar-refractivity contribution is 5.95. The van der Waals surface area contributed by atoms with Crippen molar-refractivity contribution in [3.63, 3.8) is 0 Å². The Morgan fingerprint density at radius 3 is 2.64 bits per heavy atom. The molecule has 0 spiro atoms. The number of carbonyl (C=O) groups is 1. The minimum absolute atomic E-state index is 0.0998. The van der Waals surface area contributed by atoms with Crippen LogP contribution in [0.5, 0.6) is 0 Å². The molecule has 0 aromatic heterocycles. The zero-order valence-electron chi connectivity index (χ0n) is 7.64. The van der Waals surface area contributed by atoms with E-state index in [1.54, 1.807) is 12.0 Å². The lowest BCUT2D eigenvalue weighted by molar-refractivity contribution is -0.113. The second-order valence-corrected chi connectivity index (χ2v) is 2.74. The third-order valence-corrected chi connectivity index (χ3v) is 1.65. The summed E-state index contributed by atoms with van der Waals surface area (Å²) in [6, 6.07) is 9.51. The summed E-state index contributed by atoms with van der Waals surface area (Å²) in [6.07, 6.45) is 4.48. The average Bonchev–Trinajstić information content (AvgIpc) is 2.25. The second kappa shape index (κ2) is 5.68. The lowest BCUT2D eigenvalue weighted by Gasteiger charge is -1.89. The SMILES string of the molecule is O=C=CCC(=O)/C=C/c1ccccc1. The predicted octanol–water partition coefficient (Wildman–Crippen LogP) is 2.05. The number of ketones is 1. The van der Waals surface area contributed by atoms with Gasteiger partial charge in [0.25, 0.3) is 0 Å². The third-order valence-electron chi connectivity index (χ3n) is 1.65. The largest absolute Gasteiger partial charge is 0.294 e. The summed E-state index contributed by atoms with van der Waals surface area (Å²) in [6.45, 7) is 0. The summed E-state index contributed by atoms with van der Waals surface area (Å²) in [4.78, 5) is 20.9. The van der Waals surface area contributed by atoms with Gasteiger partial charge in [-0.3, -0.25) is 4.79 Å². The molecule has 0 radical (unpaired) electrons. The van der Waals surface area contributed by atoms with Gasteiger partial charge in [-0.15, -0.1) is 0 Å². The summed E-state index contributed by atoms with van der Waals surface area (Å²) in [5, 5.41) is 0. The van der Waals surface area contributed by atoms with E-state index < -0.39 is 0 Å². The van der Waals surface area contributed by atoms with Gasteiger partial charge in [0.15, 0.2) is 5.78 Å². The fourth-order valence-electron chi connectivity index (χ4n) is 0.964. The Hall–Kier alpha value is -1.92. The van der Waals surface area contributed by atoms with Gasteiger partial charge in [0.05, 0.1) is 0 Å². The number of hydrogen-bond acceptors (Lipinski definition) is 2. The van der Waals surface area contributed by atoms with Gasteiger partial charge in [-0.1, -0.05) is 36.4 Å². The first-order valence-electron chi connectivity index (χ1n) is 4.28. The monoisotopic (exact) mass is 186 g/mol. The molecule has 0 unspecified atom stereocenters. The minimum Gasteiger partial charge on any atom is -0.294 e. The molecule has 0 heterocycles. The van der Waals surface area contributed by atoms with Crippen molar-refractivity contribution in [1.29, 1.82) is 0 Å². The number of rotatable bonds is 4. The van der Waals surface area contributed by atoms with Crippen molar-refractivity contribution < 1.29 is 9.59 Å². The number of carbonyl (C=O) groups excluding carboxylic acids is 2. The minimum atomic E-state index is -0.0998. The average molecular weight is 186 g/mol. The summed E-state index contributed by atoms with van der Waals surface area (Å²) >= 11 is 0. The predicted molar refractivity (Wildman–Crippen MR) is 55.4 cm³/mol. The molecule has 2 heteroatoms. The van der Waals surface area contributed by atoms with Gasteiger partial charge in [0, 0.05) is 12.5 Å². The fourth-order valence-corrected chi connectivity index (χ4v) is 0.964. The molecule has 0 N–H and O–H groups in total. The van der Waals surface area contributed by atoms with Crippen LogP contribution in [-0.2, 0) is 9.59 Å². The topological polar surface area (TPSA) is 34.1 Å². The molecule has 0 aliphatic carbocycles. The Morgan fingerprint density at radius 2 is 2.00 bits per heavy atom. The Morgan fingerprint density at radius 1 is 1.29 bits per heavy atom. The van der Waals surface area contributed by atoms with E-state index in [0.717, 1.165) is 5.56 Å². The fraction of sp³-hybridized carbons (Fsp3) is 0.0833. The van der Waals surface area contributed by atoms with E-state index in [4.69, 9.17) is 0 Å². The molecule has 2 nitrogen and oxygen atoms in total.